The second kappa shape index (κ2) is 9.47. The second-order valence-electron chi connectivity index (χ2n) is 6.23. The Bertz CT molecular complexity index is 1030. The molecule has 0 aliphatic rings. The molecule has 0 fully saturated rings. The number of carbonyl (C=O) groups is 2. The van der Waals surface area contributed by atoms with E-state index in [2.05, 4.69) is 10.6 Å². The molecule has 0 radical (unpaired) electrons. The zero-order chi connectivity index (χ0) is 21.5. The lowest BCUT2D eigenvalue weighted by Crippen LogP contribution is -2.18. The first-order chi connectivity index (χ1) is 14.6. The van der Waals surface area contributed by atoms with E-state index in [9.17, 15) is 9.59 Å². The molecule has 0 bridgehead atoms. The molecule has 154 valence electrons. The third-order valence-electron chi connectivity index (χ3n) is 4.38. The Hall–Kier alpha value is -4.00. The van der Waals surface area contributed by atoms with Gasteiger partial charge in [-0.15, -0.1) is 0 Å². The first-order valence-electron chi connectivity index (χ1n) is 9.14. The standard InChI is InChI=1S/C23H22N2O5/c1-28-19-13-15(14-20(29-2)21(19)30-3)22(26)25-18-12-8-7-11-17(18)23(27)24-16-9-5-4-6-10-16/h4-14H,1-3H3,(H,24,27)(H,25,26). The van der Waals surface area contributed by atoms with Gasteiger partial charge in [0.1, 0.15) is 0 Å². The average molecular weight is 406 g/mol. The van der Waals surface area contributed by atoms with Crippen LogP contribution in [0.5, 0.6) is 17.2 Å². The Morgan fingerprint density at radius 1 is 0.700 bits per heavy atom. The van der Waals surface area contributed by atoms with Crippen molar-refractivity contribution >= 4 is 23.2 Å². The van der Waals surface area contributed by atoms with E-state index in [4.69, 9.17) is 14.2 Å². The Balaban J connectivity index is 1.87. The minimum Gasteiger partial charge on any atom is -0.493 e. The van der Waals surface area contributed by atoms with Crippen molar-refractivity contribution in [3.05, 3.63) is 77.9 Å². The van der Waals surface area contributed by atoms with Crippen LogP contribution in [0.3, 0.4) is 0 Å². The largest absolute Gasteiger partial charge is 0.493 e. The molecule has 0 saturated heterocycles. The number of anilines is 2. The van der Waals surface area contributed by atoms with Crippen LogP contribution in [0.2, 0.25) is 0 Å². The van der Waals surface area contributed by atoms with Crippen LogP contribution in [-0.4, -0.2) is 33.1 Å². The number of hydrogen-bond acceptors (Lipinski definition) is 5. The zero-order valence-electron chi connectivity index (χ0n) is 16.9. The van der Waals surface area contributed by atoms with Crippen LogP contribution in [0.4, 0.5) is 11.4 Å². The highest BCUT2D eigenvalue weighted by molar-refractivity contribution is 6.12. The molecule has 3 aromatic rings. The molecule has 0 aliphatic heterocycles. The van der Waals surface area contributed by atoms with Gasteiger partial charge in [0, 0.05) is 11.3 Å². The van der Waals surface area contributed by atoms with Crippen molar-refractivity contribution in [3.63, 3.8) is 0 Å². The summed E-state index contributed by atoms with van der Waals surface area (Å²) < 4.78 is 15.9. The van der Waals surface area contributed by atoms with Gasteiger partial charge in [-0.2, -0.15) is 0 Å². The molecule has 0 saturated carbocycles. The summed E-state index contributed by atoms with van der Waals surface area (Å²) in [6.07, 6.45) is 0. The average Bonchev–Trinajstić information content (AvgIpc) is 2.78. The monoisotopic (exact) mass is 406 g/mol. The van der Waals surface area contributed by atoms with E-state index >= 15 is 0 Å². The highest BCUT2D eigenvalue weighted by Crippen LogP contribution is 2.38. The van der Waals surface area contributed by atoms with Crippen LogP contribution >= 0.6 is 0 Å². The van der Waals surface area contributed by atoms with Crippen molar-refractivity contribution < 1.29 is 23.8 Å². The van der Waals surface area contributed by atoms with Crippen LogP contribution in [0.15, 0.2) is 66.7 Å². The Morgan fingerprint density at radius 3 is 1.90 bits per heavy atom. The number of nitrogens with one attached hydrogen (secondary N) is 2. The van der Waals surface area contributed by atoms with Crippen molar-refractivity contribution in [2.45, 2.75) is 0 Å². The van der Waals surface area contributed by atoms with Gasteiger partial charge in [-0.05, 0) is 36.4 Å². The van der Waals surface area contributed by atoms with Gasteiger partial charge in [0.2, 0.25) is 5.75 Å². The summed E-state index contributed by atoms with van der Waals surface area (Å²) in [7, 11) is 4.44. The van der Waals surface area contributed by atoms with Gasteiger partial charge < -0.3 is 24.8 Å². The summed E-state index contributed by atoms with van der Waals surface area (Å²) in [5.74, 6) is 0.351. The van der Waals surface area contributed by atoms with Crippen molar-refractivity contribution in [3.8, 4) is 17.2 Å². The van der Waals surface area contributed by atoms with Crippen molar-refractivity contribution in [1.29, 1.82) is 0 Å². The second-order valence-corrected chi connectivity index (χ2v) is 6.23. The molecular formula is C23H22N2O5. The smallest absolute Gasteiger partial charge is 0.257 e. The van der Waals surface area contributed by atoms with Gasteiger partial charge in [-0.3, -0.25) is 9.59 Å². The highest BCUT2D eigenvalue weighted by Gasteiger charge is 2.19. The van der Waals surface area contributed by atoms with Gasteiger partial charge in [-0.25, -0.2) is 0 Å². The number of benzene rings is 3. The summed E-state index contributed by atoms with van der Waals surface area (Å²) in [5, 5.41) is 5.60. The van der Waals surface area contributed by atoms with Gasteiger partial charge >= 0.3 is 0 Å². The Kier molecular flexibility index (Phi) is 6.54. The molecule has 3 aromatic carbocycles. The number of hydrogen-bond donors (Lipinski definition) is 2. The summed E-state index contributed by atoms with van der Waals surface area (Å²) >= 11 is 0. The van der Waals surface area contributed by atoms with Crippen molar-refractivity contribution in [2.75, 3.05) is 32.0 Å². The maximum absolute atomic E-state index is 12.9. The fourth-order valence-electron chi connectivity index (χ4n) is 2.92. The maximum atomic E-state index is 12.9. The summed E-state index contributed by atoms with van der Waals surface area (Å²) in [6.45, 7) is 0. The van der Waals surface area contributed by atoms with Gasteiger partial charge in [0.15, 0.2) is 11.5 Å². The summed E-state index contributed by atoms with van der Waals surface area (Å²) in [6, 6.07) is 19.0. The predicted octanol–water partition coefficient (Wildman–Crippen LogP) is 4.22. The van der Waals surface area contributed by atoms with Crippen molar-refractivity contribution in [1.82, 2.24) is 0 Å². The Morgan fingerprint density at radius 2 is 1.30 bits per heavy atom. The molecule has 7 nitrogen and oxygen atoms in total. The topological polar surface area (TPSA) is 85.9 Å². The fraction of sp³-hybridized carbons (Fsp3) is 0.130. The lowest BCUT2D eigenvalue weighted by atomic mass is 10.1. The van der Waals surface area contributed by atoms with E-state index in [1.54, 1.807) is 48.5 Å². The third kappa shape index (κ3) is 4.52. The lowest BCUT2D eigenvalue weighted by Gasteiger charge is -2.15. The number of methoxy groups -OCH3 is 3. The summed E-state index contributed by atoms with van der Waals surface area (Å²) in [5.41, 5.74) is 1.67. The molecule has 30 heavy (non-hydrogen) atoms. The predicted molar refractivity (Wildman–Crippen MR) is 115 cm³/mol. The van der Waals surface area contributed by atoms with Crippen LogP contribution in [-0.2, 0) is 0 Å². The van der Waals surface area contributed by atoms with Gasteiger partial charge in [0.05, 0.1) is 32.6 Å². The molecule has 2 N–H and O–H groups in total. The van der Waals surface area contributed by atoms with Gasteiger partial charge in [-0.1, -0.05) is 30.3 Å². The number of amides is 2. The molecule has 2 amide bonds. The van der Waals surface area contributed by atoms with Crippen LogP contribution in [0.25, 0.3) is 0 Å². The molecule has 0 aliphatic carbocycles. The highest BCUT2D eigenvalue weighted by atomic mass is 16.5. The molecule has 0 heterocycles. The number of carbonyl (C=O) groups excluding carboxylic acids is 2. The van der Waals surface area contributed by atoms with E-state index in [-0.39, 0.29) is 5.91 Å². The molecular weight excluding hydrogens is 384 g/mol. The number of para-hydroxylation sites is 2. The van der Waals surface area contributed by atoms with E-state index in [0.717, 1.165) is 0 Å². The quantitative estimate of drug-likeness (QED) is 0.614. The first kappa shape index (κ1) is 20.7. The minimum absolute atomic E-state index is 0.294. The molecule has 0 spiro atoms. The molecule has 0 atom stereocenters. The molecule has 7 heteroatoms. The van der Waals surface area contributed by atoms with Crippen molar-refractivity contribution in [2.24, 2.45) is 0 Å². The molecule has 0 unspecified atom stereocenters. The minimum atomic E-state index is -0.422. The van der Waals surface area contributed by atoms with E-state index in [1.165, 1.54) is 21.3 Å². The van der Waals surface area contributed by atoms with Crippen LogP contribution in [0.1, 0.15) is 20.7 Å². The van der Waals surface area contributed by atoms with Gasteiger partial charge in [0.25, 0.3) is 11.8 Å². The SMILES string of the molecule is COc1cc(C(=O)Nc2ccccc2C(=O)Nc2ccccc2)cc(OC)c1OC. The van der Waals surface area contributed by atoms with E-state index in [0.29, 0.717) is 39.8 Å². The number of ether oxygens (including phenoxy) is 3. The van der Waals surface area contributed by atoms with Crippen LogP contribution in [0, 0.1) is 0 Å². The normalized spacial score (nSPS) is 10.1. The molecule has 3 rings (SSSR count). The summed E-state index contributed by atoms with van der Waals surface area (Å²) in [4.78, 5) is 25.6. The fourth-order valence-corrected chi connectivity index (χ4v) is 2.92. The zero-order valence-corrected chi connectivity index (χ0v) is 16.9. The third-order valence-corrected chi connectivity index (χ3v) is 4.38. The van der Waals surface area contributed by atoms with Crippen LogP contribution < -0.4 is 24.8 Å². The molecule has 0 aromatic heterocycles. The maximum Gasteiger partial charge on any atom is 0.257 e. The number of rotatable bonds is 7. The Labute approximate surface area is 174 Å². The first-order valence-corrected chi connectivity index (χ1v) is 9.14. The van der Waals surface area contributed by atoms with E-state index in [1.807, 2.05) is 18.2 Å². The van der Waals surface area contributed by atoms with E-state index < -0.39 is 5.91 Å². The lowest BCUT2D eigenvalue weighted by molar-refractivity contribution is 0.102.